The molecule has 0 unspecified atom stereocenters. The maximum Gasteiger partial charge on any atom is 0.150 e. The number of halogens is 2. The van der Waals surface area contributed by atoms with Gasteiger partial charge in [-0.25, -0.2) is 4.98 Å². The normalized spacial score (nSPS) is 15.6. The van der Waals surface area contributed by atoms with Gasteiger partial charge in [0.2, 0.25) is 0 Å². The summed E-state index contributed by atoms with van der Waals surface area (Å²) in [7, 11) is 0. The molecule has 0 atom stereocenters. The topological polar surface area (TPSA) is 48.4 Å². The molecule has 2 rings (SSSR count). The number of aliphatic hydroxyl groups is 1. The minimum atomic E-state index is 0.0909. The van der Waals surface area contributed by atoms with Crippen LogP contribution in [0.5, 0.6) is 0 Å². The van der Waals surface area contributed by atoms with Crippen molar-refractivity contribution in [3.8, 4) is 0 Å². The largest absolute Gasteiger partial charge is 0.395 e. The molecular formula is C14H21Cl2N3O. The van der Waals surface area contributed by atoms with Gasteiger partial charge in [-0.1, -0.05) is 36.0 Å². The second-order valence-electron chi connectivity index (χ2n) is 5.01. The van der Waals surface area contributed by atoms with Crippen molar-refractivity contribution in [3.05, 3.63) is 16.1 Å². The van der Waals surface area contributed by atoms with Gasteiger partial charge in [0.1, 0.15) is 11.6 Å². The number of hydrogen-bond donors (Lipinski definition) is 2. The third-order valence-electron chi connectivity index (χ3n) is 3.63. The lowest BCUT2D eigenvalue weighted by Crippen LogP contribution is -2.36. The first-order valence-corrected chi connectivity index (χ1v) is 7.90. The van der Waals surface area contributed by atoms with Crippen molar-refractivity contribution in [2.24, 2.45) is 0 Å². The molecule has 1 aromatic rings. The minimum Gasteiger partial charge on any atom is -0.395 e. The highest BCUT2D eigenvalue weighted by molar-refractivity contribution is 6.37. The lowest BCUT2D eigenvalue weighted by Gasteiger charge is -2.30. The van der Waals surface area contributed by atoms with Gasteiger partial charge in [0, 0.05) is 19.1 Å². The molecule has 6 heteroatoms. The van der Waals surface area contributed by atoms with Gasteiger partial charge in [-0.3, -0.25) is 0 Å². The third-order valence-corrected chi connectivity index (χ3v) is 4.20. The van der Waals surface area contributed by atoms with Crippen molar-refractivity contribution in [3.63, 3.8) is 0 Å². The molecule has 1 heterocycles. The first kappa shape index (κ1) is 15.7. The van der Waals surface area contributed by atoms with Crippen LogP contribution in [-0.2, 0) is 0 Å². The smallest absolute Gasteiger partial charge is 0.150 e. The van der Waals surface area contributed by atoms with Gasteiger partial charge >= 0.3 is 0 Å². The van der Waals surface area contributed by atoms with Crippen molar-refractivity contribution in [2.75, 3.05) is 29.9 Å². The van der Waals surface area contributed by atoms with Gasteiger partial charge in [0.15, 0.2) is 0 Å². The molecule has 1 aromatic heterocycles. The number of rotatable bonds is 6. The summed E-state index contributed by atoms with van der Waals surface area (Å²) < 4.78 is 0. The van der Waals surface area contributed by atoms with Crippen LogP contribution in [0.25, 0.3) is 0 Å². The van der Waals surface area contributed by atoms with Gasteiger partial charge in [0.05, 0.1) is 16.7 Å². The second kappa shape index (κ2) is 7.34. The Labute approximate surface area is 130 Å². The van der Waals surface area contributed by atoms with E-state index >= 15 is 0 Å². The molecule has 1 aliphatic rings. The lowest BCUT2D eigenvalue weighted by molar-refractivity contribution is 0.297. The van der Waals surface area contributed by atoms with Crippen molar-refractivity contribution >= 4 is 34.8 Å². The molecule has 0 aromatic carbocycles. The van der Waals surface area contributed by atoms with Crippen LogP contribution < -0.4 is 10.2 Å². The number of nitrogens with zero attached hydrogens (tertiary/aromatic N) is 2. The quantitative estimate of drug-likeness (QED) is 0.842. The summed E-state index contributed by atoms with van der Waals surface area (Å²) >= 11 is 12.5. The Morgan fingerprint density at radius 2 is 2.05 bits per heavy atom. The van der Waals surface area contributed by atoms with Crippen LogP contribution in [-0.4, -0.2) is 35.8 Å². The van der Waals surface area contributed by atoms with Gasteiger partial charge in [-0.15, -0.1) is 0 Å². The van der Waals surface area contributed by atoms with E-state index in [4.69, 9.17) is 23.2 Å². The summed E-state index contributed by atoms with van der Waals surface area (Å²) in [6.45, 7) is 3.38. The van der Waals surface area contributed by atoms with Crippen LogP contribution in [0.2, 0.25) is 10.0 Å². The summed E-state index contributed by atoms with van der Waals surface area (Å²) in [6, 6.07) is 2.13. The van der Waals surface area contributed by atoms with Crippen LogP contribution >= 0.6 is 23.2 Å². The fraction of sp³-hybridized carbons (Fsp3) is 0.643. The van der Waals surface area contributed by atoms with E-state index in [0.29, 0.717) is 34.3 Å². The Balaban J connectivity index is 2.33. The monoisotopic (exact) mass is 317 g/mol. The molecule has 0 radical (unpaired) electrons. The minimum absolute atomic E-state index is 0.0909. The van der Waals surface area contributed by atoms with E-state index in [2.05, 4.69) is 15.2 Å². The SMILES string of the molecule is CCNc1nc(N(CCO)C2CCCC2)c(Cl)cc1Cl. The Morgan fingerprint density at radius 1 is 1.35 bits per heavy atom. The van der Waals surface area contributed by atoms with Gasteiger partial charge in [-0.2, -0.15) is 0 Å². The second-order valence-corrected chi connectivity index (χ2v) is 5.82. The third kappa shape index (κ3) is 3.48. The molecule has 0 bridgehead atoms. The molecule has 0 spiro atoms. The fourth-order valence-electron chi connectivity index (χ4n) is 2.73. The lowest BCUT2D eigenvalue weighted by atomic mass is 10.2. The average molecular weight is 318 g/mol. The molecule has 0 saturated heterocycles. The Morgan fingerprint density at radius 3 is 2.65 bits per heavy atom. The Bertz CT molecular complexity index is 450. The number of aliphatic hydroxyl groups excluding tert-OH is 1. The molecule has 1 saturated carbocycles. The molecule has 0 aliphatic heterocycles. The number of aromatic nitrogens is 1. The summed E-state index contributed by atoms with van der Waals surface area (Å²) in [5, 5.41) is 13.5. The van der Waals surface area contributed by atoms with E-state index in [0.717, 1.165) is 19.4 Å². The Kier molecular flexibility index (Phi) is 5.75. The number of pyridine rings is 1. The van der Waals surface area contributed by atoms with Gasteiger partial charge < -0.3 is 15.3 Å². The van der Waals surface area contributed by atoms with Crippen molar-refractivity contribution in [1.82, 2.24) is 4.98 Å². The highest BCUT2D eigenvalue weighted by Crippen LogP contribution is 2.35. The highest BCUT2D eigenvalue weighted by Gasteiger charge is 2.25. The standard InChI is InChI=1S/C14H21Cl2N3O/c1-2-17-13-11(15)9-12(16)14(18-13)19(7-8-20)10-5-3-4-6-10/h9-10,20H,2-8H2,1H3,(H,17,18). The first-order valence-electron chi connectivity index (χ1n) is 7.14. The molecule has 2 N–H and O–H groups in total. The zero-order valence-electron chi connectivity index (χ0n) is 11.7. The van der Waals surface area contributed by atoms with Crippen LogP contribution in [0.15, 0.2) is 6.07 Å². The van der Waals surface area contributed by atoms with Crippen molar-refractivity contribution < 1.29 is 5.11 Å². The first-order chi connectivity index (χ1) is 9.67. The maximum absolute atomic E-state index is 9.32. The van der Waals surface area contributed by atoms with Crippen LogP contribution in [0.1, 0.15) is 32.6 Å². The summed E-state index contributed by atoms with van der Waals surface area (Å²) in [5.41, 5.74) is 0. The van der Waals surface area contributed by atoms with Crippen LogP contribution in [0.3, 0.4) is 0 Å². The summed E-state index contributed by atoms with van der Waals surface area (Å²) in [5.74, 6) is 1.36. The predicted octanol–water partition coefficient (Wildman–Crippen LogP) is 3.56. The van der Waals surface area contributed by atoms with E-state index in [-0.39, 0.29) is 6.61 Å². The zero-order valence-corrected chi connectivity index (χ0v) is 13.2. The molecule has 0 amide bonds. The molecule has 1 aliphatic carbocycles. The maximum atomic E-state index is 9.32. The van der Waals surface area contributed by atoms with E-state index in [1.165, 1.54) is 12.8 Å². The molecule has 112 valence electrons. The van der Waals surface area contributed by atoms with E-state index in [9.17, 15) is 5.11 Å². The number of anilines is 2. The van der Waals surface area contributed by atoms with Crippen molar-refractivity contribution in [2.45, 2.75) is 38.6 Å². The van der Waals surface area contributed by atoms with E-state index in [1.54, 1.807) is 6.07 Å². The summed E-state index contributed by atoms with van der Waals surface area (Å²) in [6.07, 6.45) is 4.68. The molecular weight excluding hydrogens is 297 g/mol. The van der Waals surface area contributed by atoms with E-state index < -0.39 is 0 Å². The average Bonchev–Trinajstić information content (AvgIpc) is 2.93. The number of nitrogens with one attached hydrogen (secondary N) is 1. The molecule has 4 nitrogen and oxygen atoms in total. The van der Waals surface area contributed by atoms with Crippen molar-refractivity contribution in [1.29, 1.82) is 0 Å². The number of hydrogen-bond acceptors (Lipinski definition) is 4. The predicted molar refractivity (Wildman–Crippen MR) is 85.1 cm³/mol. The highest BCUT2D eigenvalue weighted by atomic mass is 35.5. The van der Waals surface area contributed by atoms with Crippen LogP contribution in [0.4, 0.5) is 11.6 Å². The van der Waals surface area contributed by atoms with Gasteiger partial charge in [0.25, 0.3) is 0 Å². The molecule has 1 fully saturated rings. The fourth-order valence-corrected chi connectivity index (χ4v) is 3.27. The van der Waals surface area contributed by atoms with E-state index in [1.807, 2.05) is 6.92 Å². The zero-order chi connectivity index (χ0) is 14.5. The Hall–Kier alpha value is -0.710. The van der Waals surface area contributed by atoms with Gasteiger partial charge in [-0.05, 0) is 25.8 Å². The molecule has 20 heavy (non-hydrogen) atoms. The summed E-state index contributed by atoms with van der Waals surface area (Å²) in [4.78, 5) is 6.68. The van der Waals surface area contributed by atoms with Crippen LogP contribution in [0, 0.1) is 0 Å².